The zero-order valence-corrected chi connectivity index (χ0v) is 12.8. The van der Waals surface area contributed by atoms with Crippen LogP contribution in [-0.2, 0) is 0 Å². The molecule has 17 heavy (non-hydrogen) atoms. The molecule has 1 heterocycles. The van der Waals surface area contributed by atoms with E-state index in [0.29, 0.717) is 20.3 Å². The SMILES string of the molecule is Clc1cc(Oc2ncc(Br)cn2)c(Cl)cc1Br. The largest absolute Gasteiger partial charge is 0.423 e. The molecule has 88 valence electrons. The van der Waals surface area contributed by atoms with E-state index in [2.05, 4.69) is 41.8 Å². The Morgan fingerprint density at radius 1 is 1.00 bits per heavy atom. The summed E-state index contributed by atoms with van der Waals surface area (Å²) in [7, 11) is 0. The van der Waals surface area contributed by atoms with Crippen LogP contribution in [0.2, 0.25) is 10.0 Å². The lowest BCUT2D eigenvalue weighted by atomic mass is 10.3. The molecule has 3 nitrogen and oxygen atoms in total. The standard InChI is InChI=1S/C10H4Br2Cl2N2O/c11-5-3-15-10(16-4-5)17-9-2-7(13)6(12)1-8(9)14/h1-4H. The lowest BCUT2D eigenvalue weighted by molar-refractivity contribution is 0.441. The van der Waals surface area contributed by atoms with Crippen molar-refractivity contribution < 1.29 is 4.74 Å². The molecular formula is C10H4Br2Cl2N2O. The minimum absolute atomic E-state index is 0.202. The molecule has 0 N–H and O–H groups in total. The molecule has 0 aliphatic rings. The van der Waals surface area contributed by atoms with Crippen molar-refractivity contribution >= 4 is 55.1 Å². The van der Waals surface area contributed by atoms with E-state index >= 15 is 0 Å². The van der Waals surface area contributed by atoms with Crippen LogP contribution in [0.1, 0.15) is 0 Å². The molecular weight excluding hydrogens is 395 g/mol. The molecule has 0 saturated heterocycles. The molecule has 1 aromatic carbocycles. The van der Waals surface area contributed by atoms with Crippen LogP contribution >= 0.6 is 55.1 Å². The Kier molecular flexibility index (Phi) is 4.25. The Morgan fingerprint density at radius 3 is 2.29 bits per heavy atom. The van der Waals surface area contributed by atoms with Crippen molar-refractivity contribution in [3.05, 3.63) is 43.5 Å². The molecule has 0 aliphatic carbocycles. The summed E-state index contributed by atoms with van der Waals surface area (Å²) in [6.07, 6.45) is 3.16. The molecule has 1 aromatic heterocycles. The molecule has 7 heteroatoms. The molecule has 0 spiro atoms. The highest BCUT2D eigenvalue weighted by atomic mass is 79.9. The van der Waals surface area contributed by atoms with Crippen LogP contribution in [-0.4, -0.2) is 9.97 Å². The third kappa shape index (κ3) is 3.31. The topological polar surface area (TPSA) is 35.0 Å². The van der Waals surface area contributed by atoms with Gasteiger partial charge in [0.25, 0.3) is 0 Å². The number of aromatic nitrogens is 2. The third-order valence-corrected chi connectivity index (χ3v) is 3.67. The fourth-order valence-corrected chi connectivity index (χ4v) is 2.07. The summed E-state index contributed by atoms with van der Waals surface area (Å²) in [5.41, 5.74) is 0. The van der Waals surface area contributed by atoms with Crippen LogP contribution in [0.5, 0.6) is 11.8 Å². The lowest BCUT2D eigenvalue weighted by Crippen LogP contribution is -1.91. The van der Waals surface area contributed by atoms with E-state index in [-0.39, 0.29) is 6.01 Å². The van der Waals surface area contributed by atoms with Crippen molar-refractivity contribution in [2.24, 2.45) is 0 Å². The van der Waals surface area contributed by atoms with Gasteiger partial charge in [-0.1, -0.05) is 23.2 Å². The van der Waals surface area contributed by atoms with Crippen molar-refractivity contribution in [1.29, 1.82) is 0 Å². The summed E-state index contributed by atoms with van der Waals surface area (Å²) in [6.45, 7) is 0. The summed E-state index contributed by atoms with van der Waals surface area (Å²) >= 11 is 18.4. The number of hydrogen-bond donors (Lipinski definition) is 0. The molecule has 0 bridgehead atoms. The van der Waals surface area contributed by atoms with Crippen molar-refractivity contribution in [2.75, 3.05) is 0 Å². The predicted octanol–water partition coefficient (Wildman–Crippen LogP) is 5.10. The Morgan fingerprint density at radius 2 is 1.65 bits per heavy atom. The summed E-state index contributed by atoms with van der Waals surface area (Å²) in [4.78, 5) is 7.95. The predicted molar refractivity (Wildman–Crippen MR) is 74.0 cm³/mol. The first-order valence-electron chi connectivity index (χ1n) is 4.36. The minimum Gasteiger partial charge on any atom is -0.423 e. The van der Waals surface area contributed by atoms with Gasteiger partial charge in [-0.05, 0) is 37.9 Å². The second-order valence-corrected chi connectivity index (χ2v) is 5.57. The highest BCUT2D eigenvalue weighted by Gasteiger charge is 2.09. The van der Waals surface area contributed by atoms with Crippen LogP contribution in [0, 0.1) is 0 Å². The average molecular weight is 399 g/mol. The smallest absolute Gasteiger partial charge is 0.321 e. The van der Waals surface area contributed by atoms with E-state index in [4.69, 9.17) is 27.9 Å². The number of hydrogen-bond acceptors (Lipinski definition) is 3. The van der Waals surface area contributed by atoms with E-state index in [0.717, 1.165) is 4.47 Å². The maximum atomic E-state index is 6.00. The second-order valence-electron chi connectivity index (χ2n) is 2.98. The van der Waals surface area contributed by atoms with Gasteiger partial charge in [-0.2, -0.15) is 0 Å². The number of halogens is 4. The number of nitrogens with zero attached hydrogens (tertiary/aromatic N) is 2. The fourth-order valence-electron chi connectivity index (χ4n) is 1.03. The Hall–Kier alpha value is -0.360. The van der Waals surface area contributed by atoms with Gasteiger partial charge >= 0.3 is 6.01 Å². The monoisotopic (exact) mass is 396 g/mol. The van der Waals surface area contributed by atoms with Gasteiger partial charge in [-0.15, -0.1) is 0 Å². The second kappa shape index (κ2) is 5.52. The van der Waals surface area contributed by atoms with Gasteiger partial charge in [-0.3, -0.25) is 0 Å². The van der Waals surface area contributed by atoms with Gasteiger partial charge in [-0.25, -0.2) is 9.97 Å². The van der Waals surface area contributed by atoms with Gasteiger partial charge in [0.1, 0.15) is 0 Å². The van der Waals surface area contributed by atoms with Gasteiger partial charge < -0.3 is 4.74 Å². The Labute approximate surface area is 124 Å². The van der Waals surface area contributed by atoms with Gasteiger partial charge in [0.15, 0.2) is 5.75 Å². The van der Waals surface area contributed by atoms with Crippen LogP contribution in [0.3, 0.4) is 0 Å². The number of rotatable bonds is 2. The zero-order valence-electron chi connectivity index (χ0n) is 8.12. The van der Waals surface area contributed by atoms with Crippen LogP contribution < -0.4 is 4.74 Å². The molecule has 2 rings (SSSR count). The molecule has 0 aliphatic heterocycles. The first-order chi connectivity index (χ1) is 8.06. The minimum atomic E-state index is 0.202. The van der Waals surface area contributed by atoms with E-state index in [1.807, 2.05) is 0 Å². The number of benzene rings is 1. The van der Waals surface area contributed by atoms with Crippen molar-refractivity contribution in [3.8, 4) is 11.8 Å². The highest BCUT2D eigenvalue weighted by Crippen LogP contribution is 2.35. The first kappa shape index (κ1) is 13.1. The summed E-state index contributed by atoms with van der Waals surface area (Å²) in [5.74, 6) is 0.405. The molecule has 2 aromatic rings. The zero-order chi connectivity index (χ0) is 12.4. The summed E-state index contributed by atoms with van der Waals surface area (Å²) < 4.78 is 6.89. The van der Waals surface area contributed by atoms with Gasteiger partial charge in [0, 0.05) is 22.9 Å². The summed E-state index contributed by atoms with van der Waals surface area (Å²) in [6, 6.07) is 3.45. The Balaban J connectivity index is 2.30. The molecule has 0 atom stereocenters. The van der Waals surface area contributed by atoms with Gasteiger partial charge in [0.05, 0.1) is 14.5 Å². The number of ether oxygens (including phenoxy) is 1. The van der Waals surface area contributed by atoms with E-state index in [1.54, 1.807) is 24.5 Å². The van der Waals surface area contributed by atoms with E-state index < -0.39 is 0 Å². The third-order valence-electron chi connectivity index (χ3n) is 1.77. The Bertz CT molecular complexity index is 549. The van der Waals surface area contributed by atoms with Crippen LogP contribution in [0.4, 0.5) is 0 Å². The van der Waals surface area contributed by atoms with Crippen LogP contribution in [0.25, 0.3) is 0 Å². The highest BCUT2D eigenvalue weighted by molar-refractivity contribution is 9.10. The molecule has 0 amide bonds. The van der Waals surface area contributed by atoms with Crippen LogP contribution in [0.15, 0.2) is 33.5 Å². The van der Waals surface area contributed by atoms with E-state index in [9.17, 15) is 0 Å². The van der Waals surface area contributed by atoms with Crippen molar-refractivity contribution in [2.45, 2.75) is 0 Å². The van der Waals surface area contributed by atoms with Crippen molar-refractivity contribution in [1.82, 2.24) is 9.97 Å². The van der Waals surface area contributed by atoms with Gasteiger partial charge in [0.2, 0.25) is 0 Å². The van der Waals surface area contributed by atoms with E-state index in [1.165, 1.54) is 0 Å². The molecule has 0 unspecified atom stereocenters. The average Bonchev–Trinajstić information content (AvgIpc) is 2.29. The summed E-state index contributed by atoms with van der Waals surface area (Å²) in [5, 5.41) is 0.925. The molecule has 0 fully saturated rings. The maximum absolute atomic E-state index is 6.00. The fraction of sp³-hybridized carbons (Fsp3) is 0. The quantitative estimate of drug-likeness (QED) is 0.660. The normalized spacial score (nSPS) is 10.4. The van der Waals surface area contributed by atoms with Crippen molar-refractivity contribution in [3.63, 3.8) is 0 Å². The maximum Gasteiger partial charge on any atom is 0.321 e. The lowest BCUT2D eigenvalue weighted by Gasteiger charge is -2.07. The molecule has 0 saturated carbocycles. The first-order valence-corrected chi connectivity index (χ1v) is 6.70. The molecule has 0 radical (unpaired) electrons.